The van der Waals surface area contributed by atoms with Crippen LogP contribution in [0, 0.1) is 11.3 Å². The summed E-state index contributed by atoms with van der Waals surface area (Å²) in [6.45, 7) is 17.0. The smallest absolute Gasteiger partial charge is 0.425 e. The number of rotatable bonds is 9. The van der Waals surface area contributed by atoms with Crippen LogP contribution in [0.4, 0.5) is 10.6 Å². The molecule has 1 aliphatic carbocycles. The molecule has 9 rings (SSSR count). The maximum atomic E-state index is 14.3. The Balaban J connectivity index is 0.863. The second kappa shape index (κ2) is 16.6. The van der Waals surface area contributed by atoms with Gasteiger partial charge in [0.15, 0.2) is 0 Å². The van der Waals surface area contributed by atoms with Crippen LogP contribution in [0.5, 0.6) is 0 Å². The number of hydrogen-bond donors (Lipinski definition) is 3. The van der Waals surface area contributed by atoms with Crippen LogP contribution in [0.15, 0.2) is 42.9 Å². The van der Waals surface area contributed by atoms with Crippen molar-refractivity contribution in [3.8, 4) is 0 Å². The largest absolute Gasteiger partial charge is 0.508 e. The number of nitrogens with one attached hydrogen (secondary N) is 3. The summed E-state index contributed by atoms with van der Waals surface area (Å²) in [5.41, 5.74) is 0.494. The van der Waals surface area contributed by atoms with Gasteiger partial charge in [-0.2, -0.15) is 4.79 Å². The summed E-state index contributed by atoms with van der Waals surface area (Å²) >= 11 is 6.38. The Kier molecular flexibility index (Phi) is 11.4. The van der Waals surface area contributed by atoms with Gasteiger partial charge in [-0.05, 0) is 69.7 Å². The highest BCUT2D eigenvalue weighted by Crippen LogP contribution is 2.48. The van der Waals surface area contributed by atoms with Crippen molar-refractivity contribution < 1.29 is 24.1 Å². The number of fused-ring (bicyclic) bond motifs is 3. The first-order chi connectivity index (χ1) is 28.5. The molecule has 3 N–H and O–H groups in total. The predicted octanol–water partition coefficient (Wildman–Crippen LogP) is 3.44. The Morgan fingerprint density at radius 3 is 2.49 bits per heavy atom. The van der Waals surface area contributed by atoms with E-state index in [1.54, 1.807) is 6.33 Å². The second-order valence-corrected chi connectivity index (χ2v) is 19.3. The van der Waals surface area contributed by atoms with Crippen LogP contribution in [0.25, 0.3) is 11.0 Å². The summed E-state index contributed by atoms with van der Waals surface area (Å²) in [6.07, 6.45) is 9.92. The Hall–Kier alpha value is -3.82. The maximum absolute atomic E-state index is 14.3. The molecule has 5 saturated heterocycles. The number of carbonyl (C=O) groups is 2. The first kappa shape index (κ1) is 40.6. The van der Waals surface area contributed by atoms with Gasteiger partial charge in [-0.15, -0.1) is 4.90 Å². The molecule has 14 nitrogen and oxygen atoms in total. The molecule has 1 aromatic carbocycles. The third-order valence-electron chi connectivity index (χ3n) is 13.9. The number of aromatic amines is 1. The molecule has 1 saturated carbocycles. The monoisotopic (exact) mass is 829 g/mol. The number of amidine groups is 1. The summed E-state index contributed by atoms with van der Waals surface area (Å²) < 4.78 is 12.6. The average molecular weight is 830 g/mol. The molecule has 318 valence electrons. The van der Waals surface area contributed by atoms with Gasteiger partial charge in [0, 0.05) is 109 Å². The Morgan fingerprint density at radius 1 is 0.983 bits per heavy atom. The molecule has 0 radical (unpaired) electrons. The van der Waals surface area contributed by atoms with Crippen molar-refractivity contribution in [1.29, 1.82) is 0 Å². The molecule has 6 fully saturated rings. The lowest BCUT2D eigenvalue weighted by atomic mass is 9.65. The Morgan fingerprint density at radius 2 is 1.75 bits per heavy atom. The highest BCUT2D eigenvalue weighted by Gasteiger charge is 2.74. The van der Waals surface area contributed by atoms with Crippen LogP contribution < -0.4 is 15.2 Å². The standard InChI is InChI=1S/C44H61ClN10O4/c1-42(2,3)59-41(57)55-39(44(55)13-19-53(20-14-44)38-34-10-15-47-37(34)48-30-49-38)50-35(31-6-8-33(45)9-7-31)11-18-51-23-25-54(26-24-51)40(56)43-12-4-5-32(27-43)36(58-29-43)28-52-21-16-46-17-22-52/h6-10,15,30,32,35-36,46H,4-5,11-14,16-29H2,1-3H3,(H,47,48,49)/p+1/t32?,35-,36?,43?,55?/m0/s1. The highest BCUT2D eigenvalue weighted by molar-refractivity contribution is 6.30. The molecular weight excluding hydrogens is 768 g/mol. The van der Waals surface area contributed by atoms with E-state index in [0.29, 0.717) is 23.5 Å². The first-order valence-corrected chi connectivity index (χ1v) is 22.4. The van der Waals surface area contributed by atoms with E-state index in [-0.39, 0.29) is 23.7 Å². The van der Waals surface area contributed by atoms with Crippen molar-refractivity contribution in [3.05, 3.63) is 53.4 Å². The van der Waals surface area contributed by atoms with E-state index in [0.717, 1.165) is 152 Å². The molecule has 3 unspecified atom stereocenters. The number of nitrogens with zero attached hydrogens (tertiary/aromatic N) is 7. The Labute approximate surface area is 353 Å². The summed E-state index contributed by atoms with van der Waals surface area (Å²) in [5.74, 6) is 2.61. The molecule has 15 heteroatoms. The second-order valence-electron chi connectivity index (χ2n) is 18.8. The molecule has 59 heavy (non-hydrogen) atoms. The molecule has 4 atom stereocenters. The van der Waals surface area contributed by atoms with Crippen molar-refractivity contribution >= 4 is 46.3 Å². The summed E-state index contributed by atoms with van der Waals surface area (Å²) in [6, 6.07) is 10.0. The van der Waals surface area contributed by atoms with Crippen LogP contribution in [0.1, 0.15) is 77.3 Å². The average Bonchev–Trinajstić information content (AvgIpc) is 3.54. The number of halogens is 1. The quantitative estimate of drug-likeness (QED) is 0.276. The van der Waals surface area contributed by atoms with Crippen molar-refractivity contribution in [2.45, 2.75) is 89.0 Å². The number of piperazine rings is 2. The lowest BCUT2D eigenvalue weighted by Crippen LogP contribution is -2.74. The number of benzene rings is 1. The maximum Gasteiger partial charge on any atom is 0.508 e. The van der Waals surface area contributed by atoms with E-state index in [2.05, 4.69) is 57.0 Å². The normalized spacial score (nSPS) is 27.7. The minimum Gasteiger partial charge on any atom is -0.425 e. The molecule has 6 aliphatic rings. The van der Waals surface area contributed by atoms with Crippen molar-refractivity contribution in [2.24, 2.45) is 11.3 Å². The highest BCUT2D eigenvalue weighted by atomic mass is 35.5. The van der Waals surface area contributed by atoms with E-state index < -0.39 is 11.1 Å². The van der Waals surface area contributed by atoms with Crippen LogP contribution in [-0.2, 0) is 14.3 Å². The Bertz CT molecular complexity index is 2000. The third kappa shape index (κ3) is 8.44. The fourth-order valence-corrected chi connectivity index (χ4v) is 10.7. The minimum atomic E-state index is -0.623. The van der Waals surface area contributed by atoms with Gasteiger partial charge in [0.1, 0.15) is 29.4 Å². The molecule has 1 spiro atoms. The topological polar surface area (TPSA) is 136 Å². The first-order valence-electron chi connectivity index (χ1n) is 22.0. The lowest BCUT2D eigenvalue weighted by molar-refractivity contribution is -0.511. The number of H-pyrrole nitrogens is 1. The predicted molar refractivity (Wildman–Crippen MR) is 227 cm³/mol. The SMILES string of the molecule is CC(C)(C)OC(=O)N1C(=[NH+][C@@H](CCN2CCN(C(=O)C34CCCC(C3)C(CN3CCNCC3)OC4)CC2)c2ccc(Cl)cc2)C12CCN(c1ncnc3[nH]ccc13)CC2. The number of ether oxygens (including phenoxy) is 2. The van der Waals surface area contributed by atoms with Gasteiger partial charge < -0.3 is 29.6 Å². The zero-order valence-corrected chi connectivity index (χ0v) is 35.8. The number of hydrogen-bond acceptors (Lipinski definition) is 10. The summed E-state index contributed by atoms with van der Waals surface area (Å²) in [5, 5.41) is 5.14. The zero-order valence-electron chi connectivity index (χ0n) is 35.1. The number of anilines is 1. The minimum absolute atomic E-state index is 0.0581. The third-order valence-corrected chi connectivity index (χ3v) is 14.2. The fraction of sp³-hybridized carbons (Fsp3) is 0.659. The fourth-order valence-electron chi connectivity index (χ4n) is 10.6. The van der Waals surface area contributed by atoms with Gasteiger partial charge >= 0.3 is 11.9 Å². The lowest BCUT2D eigenvalue weighted by Gasteiger charge is -2.50. The number of piperidine rings is 1. The zero-order chi connectivity index (χ0) is 40.8. The van der Waals surface area contributed by atoms with Gasteiger partial charge in [0.2, 0.25) is 11.4 Å². The van der Waals surface area contributed by atoms with E-state index in [1.165, 1.54) is 0 Å². The van der Waals surface area contributed by atoms with Gasteiger partial charge in [-0.25, -0.2) is 9.97 Å². The number of aromatic nitrogens is 3. The summed E-state index contributed by atoms with van der Waals surface area (Å²) in [7, 11) is 0. The van der Waals surface area contributed by atoms with Gasteiger partial charge in [-0.3, -0.25) is 19.6 Å². The molecular formula is C44H62ClN10O4+. The van der Waals surface area contributed by atoms with Gasteiger partial charge in [0.05, 0.1) is 23.5 Å². The van der Waals surface area contributed by atoms with Crippen LogP contribution in [0.2, 0.25) is 5.02 Å². The van der Waals surface area contributed by atoms with Crippen molar-refractivity contribution in [2.75, 3.05) is 90.0 Å². The van der Waals surface area contributed by atoms with Crippen LogP contribution in [-0.4, -0.2) is 155 Å². The molecule has 2 bridgehead atoms. The van der Waals surface area contributed by atoms with E-state index in [1.807, 2.05) is 50.1 Å². The van der Waals surface area contributed by atoms with E-state index in [4.69, 9.17) is 21.1 Å². The summed E-state index contributed by atoms with van der Waals surface area (Å²) in [4.78, 5) is 55.6. The number of amides is 2. The van der Waals surface area contributed by atoms with Gasteiger partial charge in [0.25, 0.3) is 0 Å². The van der Waals surface area contributed by atoms with Gasteiger partial charge in [-0.1, -0.05) is 30.2 Å². The van der Waals surface area contributed by atoms with Crippen molar-refractivity contribution in [1.82, 2.24) is 39.9 Å². The molecule has 5 aliphatic heterocycles. The molecule has 2 aromatic heterocycles. The molecule has 3 aromatic rings. The van der Waals surface area contributed by atoms with Crippen molar-refractivity contribution in [3.63, 3.8) is 0 Å². The van der Waals surface area contributed by atoms with Crippen LogP contribution in [0.3, 0.4) is 0 Å². The molecule has 2 amide bonds. The van der Waals surface area contributed by atoms with Crippen LogP contribution >= 0.6 is 11.6 Å². The van der Waals surface area contributed by atoms with E-state index in [9.17, 15) is 9.59 Å². The number of carbonyl (C=O) groups excluding carboxylic acids is 2. The van der Waals surface area contributed by atoms with E-state index >= 15 is 0 Å². The molecule has 7 heterocycles.